The predicted octanol–water partition coefficient (Wildman–Crippen LogP) is 0.634. The summed E-state index contributed by atoms with van der Waals surface area (Å²) in [7, 11) is 2.07. The van der Waals surface area contributed by atoms with E-state index in [4.69, 9.17) is 0 Å². The van der Waals surface area contributed by atoms with Gasteiger partial charge >= 0.3 is 0 Å². The number of hydrogen-bond donors (Lipinski definition) is 0. The quantitative estimate of drug-likeness (QED) is 0.744. The zero-order valence-corrected chi connectivity index (χ0v) is 11.5. The van der Waals surface area contributed by atoms with Gasteiger partial charge in [0.2, 0.25) is 5.95 Å². The van der Waals surface area contributed by atoms with Gasteiger partial charge in [-0.05, 0) is 14.0 Å². The van der Waals surface area contributed by atoms with E-state index in [1.165, 1.54) is 20.0 Å². The molecular weight excluding hydrogens is 244 g/mol. The molecular formula is C13H18N4O2. The Morgan fingerprint density at radius 2 is 1.74 bits per heavy atom. The molecule has 6 heteroatoms. The molecule has 0 unspecified atom stereocenters. The SMILES string of the molecule is CC(=O)c1cnc(N2CCN(C)CC2)nc1C(C)=O. The van der Waals surface area contributed by atoms with Crippen molar-refractivity contribution in [3.63, 3.8) is 0 Å². The Balaban J connectivity index is 2.30. The molecule has 1 aromatic rings. The molecule has 1 aliphatic rings. The van der Waals surface area contributed by atoms with Crippen LogP contribution in [0.1, 0.15) is 34.7 Å². The fraction of sp³-hybridized carbons (Fsp3) is 0.538. The van der Waals surface area contributed by atoms with Crippen molar-refractivity contribution in [2.75, 3.05) is 38.1 Å². The van der Waals surface area contributed by atoms with E-state index in [0.717, 1.165) is 26.2 Å². The largest absolute Gasteiger partial charge is 0.338 e. The number of likely N-dealkylation sites (N-methyl/N-ethyl adjacent to an activating group) is 1. The molecule has 1 fully saturated rings. The van der Waals surface area contributed by atoms with Crippen LogP contribution in [0.2, 0.25) is 0 Å². The third-order valence-electron chi connectivity index (χ3n) is 3.27. The molecule has 19 heavy (non-hydrogen) atoms. The minimum absolute atomic E-state index is 0.185. The first kappa shape index (κ1) is 13.6. The molecule has 1 aliphatic heterocycles. The number of carbonyl (C=O) groups excluding carboxylic acids is 2. The number of carbonyl (C=O) groups is 2. The lowest BCUT2D eigenvalue weighted by Gasteiger charge is -2.32. The molecule has 0 amide bonds. The maximum Gasteiger partial charge on any atom is 0.226 e. The molecule has 102 valence electrons. The number of ketones is 2. The van der Waals surface area contributed by atoms with E-state index in [2.05, 4.69) is 21.9 Å². The van der Waals surface area contributed by atoms with Crippen LogP contribution >= 0.6 is 0 Å². The van der Waals surface area contributed by atoms with Gasteiger partial charge in [0.05, 0.1) is 5.56 Å². The molecule has 1 saturated heterocycles. The average Bonchev–Trinajstić information content (AvgIpc) is 2.38. The van der Waals surface area contributed by atoms with Gasteiger partial charge in [0.15, 0.2) is 11.6 Å². The summed E-state index contributed by atoms with van der Waals surface area (Å²) in [6.07, 6.45) is 1.46. The van der Waals surface area contributed by atoms with Crippen molar-refractivity contribution in [1.82, 2.24) is 14.9 Å². The van der Waals surface area contributed by atoms with Gasteiger partial charge < -0.3 is 9.80 Å². The highest BCUT2D eigenvalue weighted by Gasteiger charge is 2.20. The van der Waals surface area contributed by atoms with Crippen molar-refractivity contribution in [3.05, 3.63) is 17.5 Å². The number of piperazine rings is 1. The first-order chi connectivity index (χ1) is 8.99. The predicted molar refractivity (Wildman–Crippen MR) is 71.8 cm³/mol. The first-order valence-electron chi connectivity index (χ1n) is 6.31. The Labute approximate surface area is 112 Å². The van der Waals surface area contributed by atoms with Crippen LogP contribution in [0.3, 0.4) is 0 Å². The number of Topliss-reactive ketones (excluding diaryl/α,β-unsaturated/α-hetero) is 2. The van der Waals surface area contributed by atoms with Crippen molar-refractivity contribution in [1.29, 1.82) is 0 Å². The summed E-state index contributed by atoms with van der Waals surface area (Å²) in [5.41, 5.74) is 0.516. The zero-order valence-electron chi connectivity index (χ0n) is 11.5. The summed E-state index contributed by atoms with van der Waals surface area (Å²) in [5, 5.41) is 0. The van der Waals surface area contributed by atoms with Gasteiger partial charge in [-0.1, -0.05) is 0 Å². The number of nitrogens with zero attached hydrogens (tertiary/aromatic N) is 4. The maximum absolute atomic E-state index is 11.6. The number of rotatable bonds is 3. The van der Waals surface area contributed by atoms with E-state index >= 15 is 0 Å². The van der Waals surface area contributed by atoms with Gasteiger partial charge in [-0.25, -0.2) is 9.97 Å². The van der Waals surface area contributed by atoms with Crippen molar-refractivity contribution in [3.8, 4) is 0 Å². The normalized spacial score (nSPS) is 16.5. The smallest absolute Gasteiger partial charge is 0.226 e. The van der Waals surface area contributed by atoms with Crippen LogP contribution in [0, 0.1) is 0 Å². The second-order valence-corrected chi connectivity index (χ2v) is 4.83. The number of hydrogen-bond acceptors (Lipinski definition) is 6. The van der Waals surface area contributed by atoms with Gasteiger partial charge in [0.25, 0.3) is 0 Å². The van der Waals surface area contributed by atoms with E-state index < -0.39 is 0 Å². The van der Waals surface area contributed by atoms with Crippen molar-refractivity contribution >= 4 is 17.5 Å². The summed E-state index contributed by atoms with van der Waals surface area (Å²) in [5.74, 6) is 0.140. The highest BCUT2D eigenvalue weighted by molar-refractivity contribution is 6.05. The summed E-state index contributed by atoms with van der Waals surface area (Å²) < 4.78 is 0. The van der Waals surface area contributed by atoms with Gasteiger partial charge in [0, 0.05) is 39.3 Å². The second kappa shape index (κ2) is 5.44. The van der Waals surface area contributed by atoms with Gasteiger partial charge in [-0.15, -0.1) is 0 Å². The van der Waals surface area contributed by atoms with Crippen molar-refractivity contribution < 1.29 is 9.59 Å². The van der Waals surface area contributed by atoms with E-state index in [-0.39, 0.29) is 17.3 Å². The van der Waals surface area contributed by atoms with Crippen LogP contribution < -0.4 is 4.90 Å². The van der Waals surface area contributed by atoms with E-state index in [1.54, 1.807) is 0 Å². The van der Waals surface area contributed by atoms with Crippen LogP contribution in [0.4, 0.5) is 5.95 Å². The van der Waals surface area contributed by atoms with Crippen LogP contribution in [0.25, 0.3) is 0 Å². The van der Waals surface area contributed by atoms with Crippen LogP contribution in [0.5, 0.6) is 0 Å². The molecule has 0 radical (unpaired) electrons. The molecule has 0 N–H and O–H groups in total. The zero-order chi connectivity index (χ0) is 14.0. The number of aromatic nitrogens is 2. The molecule has 1 aromatic heterocycles. The molecule has 0 atom stereocenters. The molecule has 0 spiro atoms. The summed E-state index contributed by atoms with van der Waals surface area (Å²) in [4.78, 5) is 35.8. The van der Waals surface area contributed by atoms with Gasteiger partial charge in [0.1, 0.15) is 5.69 Å². The molecule has 2 heterocycles. The monoisotopic (exact) mass is 262 g/mol. The highest BCUT2D eigenvalue weighted by atomic mass is 16.1. The fourth-order valence-electron chi connectivity index (χ4n) is 2.06. The molecule has 0 saturated carbocycles. The Kier molecular flexibility index (Phi) is 3.90. The minimum Gasteiger partial charge on any atom is -0.338 e. The van der Waals surface area contributed by atoms with E-state index in [9.17, 15) is 9.59 Å². The standard InChI is InChI=1S/C13H18N4O2/c1-9(18)11-8-14-13(15-12(11)10(2)19)17-6-4-16(3)5-7-17/h8H,4-7H2,1-3H3. The van der Waals surface area contributed by atoms with E-state index in [1.807, 2.05) is 4.90 Å². The van der Waals surface area contributed by atoms with Crippen molar-refractivity contribution in [2.24, 2.45) is 0 Å². The van der Waals surface area contributed by atoms with Crippen LogP contribution in [-0.2, 0) is 0 Å². The third-order valence-corrected chi connectivity index (χ3v) is 3.27. The molecule has 2 rings (SSSR count). The Hall–Kier alpha value is -1.82. The third kappa shape index (κ3) is 2.96. The second-order valence-electron chi connectivity index (χ2n) is 4.83. The maximum atomic E-state index is 11.6. The van der Waals surface area contributed by atoms with Crippen LogP contribution in [-0.4, -0.2) is 59.7 Å². The Morgan fingerprint density at radius 1 is 1.11 bits per heavy atom. The number of anilines is 1. The lowest BCUT2D eigenvalue weighted by atomic mass is 10.1. The van der Waals surface area contributed by atoms with Crippen molar-refractivity contribution in [2.45, 2.75) is 13.8 Å². The average molecular weight is 262 g/mol. The summed E-state index contributed by atoms with van der Waals surface area (Å²) in [6, 6.07) is 0. The summed E-state index contributed by atoms with van der Waals surface area (Å²) >= 11 is 0. The van der Waals surface area contributed by atoms with Crippen LogP contribution in [0.15, 0.2) is 6.20 Å². The highest BCUT2D eigenvalue weighted by Crippen LogP contribution is 2.14. The molecule has 0 aliphatic carbocycles. The van der Waals surface area contributed by atoms with E-state index in [0.29, 0.717) is 11.5 Å². The Morgan fingerprint density at radius 3 is 2.26 bits per heavy atom. The lowest BCUT2D eigenvalue weighted by molar-refractivity contribution is 0.0976. The van der Waals surface area contributed by atoms with Gasteiger partial charge in [-0.2, -0.15) is 0 Å². The topological polar surface area (TPSA) is 66.4 Å². The summed E-state index contributed by atoms with van der Waals surface area (Å²) in [6.45, 7) is 6.37. The first-order valence-corrected chi connectivity index (χ1v) is 6.31. The molecule has 0 aromatic carbocycles. The fourth-order valence-corrected chi connectivity index (χ4v) is 2.06. The molecule has 6 nitrogen and oxygen atoms in total. The Bertz CT molecular complexity index is 507. The minimum atomic E-state index is -0.206. The molecule has 0 bridgehead atoms. The lowest BCUT2D eigenvalue weighted by Crippen LogP contribution is -2.45. The van der Waals surface area contributed by atoms with Gasteiger partial charge in [-0.3, -0.25) is 9.59 Å².